The third-order valence-electron chi connectivity index (χ3n) is 5.36. The molecule has 3 aromatic rings. The highest BCUT2D eigenvalue weighted by Gasteiger charge is 2.35. The second-order valence-electron chi connectivity index (χ2n) is 6.89. The first-order valence-corrected chi connectivity index (χ1v) is 10.4. The van der Waals surface area contributed by atoms with Gasteiger partial charge in [-0.3, -0.25) is 10.1 Å². The number of hydrogen-bond acceptors (Lipinski definition) is 7. The highest BCUT2D eigenvalue weighted by Crippen LogP contribution is 2.51. The van der Waals surface area contributed by atoms with Gasteiger partial charge in [-0.15, -0.1) is 11.3 Å². The van der Waals surface area contributed by atoms with Gasteiger partial charge >= 0.3 is 0 Å². The molecule has 1 aromatic heterocycles. The summed E-state index contributed by atoms with van der Waals surface area (Å²) in [6, 6.07) is 15.1. The number of nitro groups is 1. The predicted molar refractivity (Wildman–Crippen MR) is 118 cm³/mol. The minimum absolute atomic E-state index is 0.0150. The van der Waals surface area contributed by atoms with E-state index in [9.17, 15) is 15.4 Å². The maximum atomic E-state index is 11.9. The second kappa shape index (κ2) is 7.69. The van der Waals surface area contributed by atoms with Crippen molar-refractivity contribution in [1.82, 2.24) is 0 Å². The Labute approximate surface area is 177 Å². The second-order valence-corrected chi connectivity index (χ2v) is 7.98. The van der Waals surface area contributed by atoms with E-state index in [1.54, 1.807) is 12.1 Å². The van der Waals surface area contributed by atoms with Crippen molar-refractivity contribution in [1.29, 1.82) is 5.26 Å². The number of anilines is 1. The van der Waals surface area contributed by atoms with E-state index in [2.05, 4.69) is 6.07 Å². The lowest BCUT2D eigenvalue weighted by Crippen LogP contribution is -2.23. The van der Waals surface area contributed by atoms with Gasteiger partial charge in [0.15, 0.2) is 5.75 Å². The van der Waals surface area contributed by atoms with Crippen LogP contribution in [-0.4, -0.2) is 18.0 Å². The largest absolute Gasteiger partial charge is 0.439 e. The van der Waals surface area contributed by atoms with Crippen LogP contribution in [0.2, 0.25) is 0 Å². The fourth-order valence-corrected chi connectivity index (χ4v) is 5.18. The van der Waals surface area contributed by atoms with Crippen molar-refractivity contribution in [2.45, 2.75) is 19.8 Å². The molecule has 1 aliphatic rings. The number of nitrogens with zero attached hydrogens (tertiary/aromatic N) is 3. The standard InChI is InChI=1S/C22H20N4O3S/c1-3-25(4-2)16-10-9-13(11-17(16)26(27)28)19-15(12-23)22(24)29-20-14-7-5-6-8-18(14)30-21(19)20/h5-11,19H,3-4,24H2,1-2H3. The molecule has 2 heterocycles. The number of benzene rings is 2. The number of nitriles is 1. The van der Waals surface area contributed by atoms with Crippen LogP contribution >= 0.6 is 11.3 Å². The van der Waals surface area contributed by atoms with Crippen LogP contribution in [0.5, 0.6) is 5.75 Å². The van der Waals surface area contributed by atoms with Crippen LogP contribution in [0.3, 0.4) is 0 Å². The van der Waals surface area contributed by atoms with Gasteiger partial charge in [0.2, 0.25) is 5.88 Å². The molecule has 2 aromatic carbocycles. The molecule has 0 bridgehead atoms. The summed E-state index contributed by atoms with van der Waals surface area (Å²) in [4.78, 5) is 14.2. The van der Waals surface area contributed by atoms with Gasteiger partial charge in [0.05, 0.1) is 15.7 Å². The number of fused-ring (bicyclic) bond motifs is 3. The summed E-state index contributed by atoms with van der Waals surface area (Å²) in [5.41, 5.74) is 7.59. The molecule has 1 aliphatic heterocycles. The number of nitro benzene ring substituents is 1. The Morgan fingerprint density at radius 2 is 2.00 bits per heavy atom. The van der Waals surface area contributed by atoms with Crippen LogP contribution in [0.1, 0.15) is 30.2 Å². The molecule has 0 aliphatic carbocycles. The van der Waals surface area contributed by atoms with Gasteiger partial charge in [0.25, 0.3) is 5.69 Å². The van der Waals surface area contributed by atoms with Crippen molar-refractivity contribution in [3.8, 4) is 11.8 Å². The highest BCUT2D eigenvalue weighted by atomic mass is 32.1. The van der Waals surface area contributed by atoms with Crippen LogP contribution in [0.15, 0.2) is 53.9 Å². The summed E-state index contributed by atoms with van der Waals surface area (Å²) < 4.78 is 6.83. The smallest absolute Gasteiger partial charge is 0.292 e. The minimum atomic E-state index is -0.513. The molecule has 2 N–H and O–H groups in total. The van der Waals surface area contributed by atoms with Crippen molar-refractivity contribution < 1.29 is 9.66 Å². The summed E-state index contributed by atoms with van der Waals surface area (Å²) in [5, 5.41) is 22.5. The number of thiophene rings is 1. The van der Waals surface area contributed by atoms with Gasteiger partial charge in [-0.05, 0) is 37.6 Å². The van der Waals surface area contributed by atoms with Crippen LogP contribution < -0.4 is 15.4 Å². The molecule has 1 unspecified atom stereocenters. The molecule has 0 amide bonds. The Morgan fingerprint density at radius 1 is 1.27 bits per heavy atom. The predicted octanol–water partition coefficient (Wildman–Crippen LogP) is 4.87. The Bertz CT molecular complexity index is 1220. The average Bonchev–Trinajstić information content (AvgIpc) is 3.12. The zero-order valence-electron chi connectivity index (χ0n) is 16.6. The number of rotatable bonds is 5. The molecule has 8 heteroatoms. The maximum absolute atomic E-state index is 11.9. The van der Waals surface area contributed by atoms with Crippen molar-refractivity contribution in [2.75, 3.05) is 18.0 Å². The molecular weight excluding hydrogens is 400 g/mol. The summed E-state index contributed by atoms with van der Waals surface area (Å²) in [7, 11) is 0. The van der Waals surface area contributed by atoms with Crippen molar-refractivity contribution in [3.05, 3.63) is 74.5 Å². The minimum Gasteiger partial charge on any atom is -0.439 e. The Hall–Kier alpha value is -3.57. The lowest BCUT2D eigenvalue weighted by Gasteiger charge is -2.25. The third kappa shape index (κ3) is 3.04. The molecule has 0 radical (unpaired) electrons. The first-order chi connectivity index (χ1) is 14.5. The zero-order chi connectivity index (χ0) is 21.4. The van der Waals surface area contributed by atoms with Gasteiger partial charge < -0.3 is 15.4 Å². The molecule has 1 atom stereocenters. The van der Waals surface area contributed by atoms with Gasteiger partial charge in [-0.25, -0.2) is 0 Å². The number of allylic oxidation sites excluding steroid dienone is 1. The highest BCUT2D eigenvalue weighted by molar-refractivity contribution is 7.19. The molecule has 0 saturated heterocycles. The van der Waals surface area contributed by atoms with E-state index in [0.29, 0.717) is 30.1 Å². The van der Waals surface area contributed by atoms with E-state index in [-0.39, 0.29) is 22.1 Å². The summed E-state index contributed by atoms with van der Waals surface area (Å²) in [6.07, 6.45) is 0. The summed E-state index contributed by atoms with van der Waals surface area (Å²) in [6.45, 7) is 5.23. The van der Waals surface area contributed by atoms with E-state index in [1.165, 1.54) is 11.3 Å². The fraction of sp³-hybridized carbons (Fsp3) is 0.227. The molecule has 0 saturated carbocycles. The van der Waals surface area contributed by atoms with Crippen molar-refractivity contribution in [2.24, 2.45) is 5.73 Å². The quantitative estimate of drug-likeness (QED) is 0.466. The topological polar surface area (TPSA) is 105 Å². The Morgan fingerprint density at radius 3 is 2.67 bits per heavy atom. The first-order valence-electron chi connectivity index (χ1n) is 9.62. The SMILES string of the molecule is CCN(CC)c1ccc(C2C(C#N)=C(N)Oc3c2sc2ccccc32)cc1[N+](=O)[O-]. The van der Waals surface area contributed by atoms with Crippen molar-refractivity contribution >= 4 is 32.8 Å². The average molecular weight is 420 g/mol. The number of ether oxygens (including phenoxy) is 1. The van der Waals surface area contributed by atoms with Gasteiger partial charge in [0, 0.05) is 29.2 Å². The van der Waals surface area contributed by atoms with Gasteiger partial charge in [0.1, 0.15) is 17.3 Å². The van der Waals surface area contributed by atoms with Crippen LogP contribution in [0.25, 0.3) is 10.1 Å². The van der Waals surface area contributed by atoms with E-state index in [1.807, 2.05) is 49.1 Å². The molecule has 30 heavy (non-hydrogen) atoms. The van der Waals surface area contributed by atoms with E-state index < -0.39 is 5.92 Å². The lowest BCUT2D eigenvalue weighted by atomic mass is 9.88. The molecule has 152 valence electrons. The van der Waals surface area contributed by atoms with Crippen LogP contribution in [0.4, 0.5) is 11.4 Å². The lowest BCUT2D eigenvalue weighted by molar-refractivity contribution is -0.384. The van der Waals surface area contributed by atoms with Crippen LogP contribution in [0, 0.1) is 21.4 Å². The molecule has 0 fully saturated rings. The summed E-state index contributed by atoms with van der Waals surface area (Å²) >= 11 is 1.51. The summed E-state index contributed by atoms with van der Waals surface area (Å²) in [5.74, 6) is 0.141. The fourth-order valence-electron chi connectivity index (χ4n) is 3.91. The number of hydrogen-bond donors (Lipinski definition) is 1. The number of nitrogens with two attached hydrogens (primary N) is 1. The molecule has 4 rings (SSSR count). The Kier molecular flexibility index (Phi) is 5.06. The van der Waals surface area contributed by atoms with Gasteiger partial charge in [-0.1, -0.05) is 18.2 Å². The first kappa shape index (κ1) is 19.7. The van der Waals surface area contributed by atoms with E-state index in [4.69, 9.17) is 10.5 Å². The third-order valence-corrected chi connectivity index (χ3v) is 6.57. The molecular formula is C22H20N4O3S. The van der Waals surface area contributed by atoms with Crippen molar-refractivity contribution in [3.63, 3.8) is 0 Å². The molecule has 7 nitrogen and oxygen atoms in total. The molecule has 0 spiro atoms. The Balaban J connectivity index is 1.94. The monoisotopic (exact) mass is 420 g/mol. The van der Waals surface area contributed by atoms with E-state index in [0.717, 1.165) is 15.0 Å². The maximum Gasteiger partial charge on any atom is 0.292 e. The van der Waals surface area contributed by atoms with Crippen LogP contribution in [-0.2, 0) is 0 Å². The normalized spacial score (nSPS) is 15.4. The van der Waals surface area contributed by atoms with E-state index >= 15 is 0 Å². The van der Waals surface area contributed by atoms with Gasteiger partial charge in [-0.2, -0.15) is 5.26 Å². The zero-order valence-corrected chi connectivity index (χ0v) is 17.4.